The van der Waals surface area contributed by atoms with Crippen molar-refractivity contribution < 1.29 is 4.52 Å². The number of nitrogens with zero attached hydrogens (tertiary/aromatic N) is 2. The third kappa shape index (κ3) is 4.51. The standard InChI is InChI=1S/C14H18ClN3OS/c1-3-8-16-10(2)14-17-13(18-19-14)9-20-12-6-4-11(15)5-7-12/h4-7,10,16H,3,8-9H2,1-2H3. The maximum Gasteiger partial charge on any atom is 0.243 e. The van der Waals surface area contributed by atoms with E-state index in [0.29, 0.717) is 17.5 Å². The average molecular weight is 312 g/mol. The molecule has 0 aliphatic heterocycles. The van der Waals surface area contributed by atoms with Crippen LogP contribution in [0.15, 0.2) is 33.7 Å². The van der Waals surface area contributed by atoms with Crippen molar-refractivity contribution in [3.63, 3.8) is 0 Å². The van der Waals surface area contributed by atoms with E-state index in [4.69, 9.17) is 16.1 Å². The summed E-state index contributed by atoms with van der Waals surface area (Å²) >= 11 is 7.51. The van der Waals surface area contributed by atoms with Crippen LogP contribution in [0, 0.1) is 0 Å². The summed E-state index contributed by atoms with van der Waals surface area (Å²) in [6.07, 6.45) is 1.08. The molecule has 108 valence electrons. The summed E-state index contributed by atoms with van der Waals surface area (Å²) in [5, 5.41) is 8.07. The molecule has 0 aliphatic rings. The molecule has 0 saturated heterocycles. The van der Waals surface area contributed by atoms with Crippen molar-refractivity contribution >= 4 is 23.4 Å². The summed E-state index contributed by atoms with van der Waals surface area (Å²) in [6, 6.07) is 7.82. The molecule has 1 N–H and O–H groups in total. The van der Waals surface area contributed by atoms with Crippen molar-refractivity contribution in [2.24, 2.45) is 0 Å². The molecule has 0 radical (unpaired) electrons. The molecule has 1 unspecified atom stereocenters. The SMILES string of the molecule is CCCNC(C)c1nc(CSc2ccc(Cl)cc2)no1. The zero-order valence-electron chi connectivity index (χ0n) is 11.6. The Morgan fingerprint density at radius 3 is 2.80 bits per heavy atom. The number of hydrogen-bond donors (Lipinski definition) is 1. The first-order chi connectivity index (χ1) is 9.69. The van der Waals surface area contributed by atoms with Crippen LogP contribution >= 0.6 is 23.4 Å². The van der Waals surface area contributed by atoms with E-state index in [2.05, 4.69) is 22.4 Å². The predicted octanol–water partition coefficient (Wildman–Crippen LogP) is 4.08. The summed E-state index contributed by atoms with van der Waals surface area (Å²) < 4.78 is 5.27. The Balaban J connectivity index is 1.87. The summed E-state index contributed by atoms with van der Waals surface area (Å²) in [5.41, 5.74) is 0. The van der Waals surface area contributed by atoms with Gasteiger partial charge in [-0.2, -0.15) is 4.98 Å². The molecule has 1 atom stereocenters. The second-order valence-electron chi connectivity index (χ2n) is 4.47. The lowest BCUT2D eigenvalue weighted by Crippen LogP contribution is -2.19. The fraction of sp³-hybridized carbons (Fsp3) is 0.429. The summed E-state index contributed by atoms with van der Waals surface area (Å²) in [6.45, 7) is 5.10. The molecule has 6 heteroatoms. The maximum absolute atomic E-state index is 5.85. The van der Waals surface area contributed by atoms with Gasteiger partial charge in [0.25, 0.3) is 0 Å². The van der Waals surface area contributed by atoms with Gasteiger partial charge in [0.2, 0.25) is 5.89 Å². The van der Waals surface area contributed by atoms with Gasteiger partial charge in [-0.3, -0.25) is 0 Å². The van der Waals surface area contributed by atoms with Crippen LogP contribution in [0.3, 0.4) is 0 Å². The molecule has 2 aromatic rings. The van der Waals surface area contributed by atoms with Gasteiger partial charge in [0.15, 0.2) is 5.82 Å². The summed E-state index contributed by atoms with van der Waals surface area (Å²) in [4.78, 5) is 5.55. The Bertz CT molecular complexity index is 529. The number of benzene rings is 1. The minimum Gasteiger partial charge on any atom is -0.338 e. The van der Waals surface area contributed by atoms with Crippen molar-refractivity contribution in [1.82, 2.24) is 15.5 Å². The first-order valence-corrected chi connectivity index (χ1v) is 7.99. The van der Waals surface area contributed by atoms with Crippen molar-refractivity contribution in [3.05, 3.63) is 41.0 Å². The van der Waals surface area contributed by atoms with Gasteiger partial charge >= 0.3 is 0 Å². The number of hydrogen-bond acceptors (Lipinski definition) is 5. The quantitative estimate of drug-likeness (QED) is 0.781. The molecule has 0 aliphatic carbocycles. The molecule has 0 saturated carbocycles. The highest BCUT2D eigenvalue weighted by Gasteiger charge is 2.13. The second kappa shape index (κ2) is 7.67. The summed E-state index contributed by atoms with van der Waals surface area (Å²) in [5.74, 6) is 2.04. The van der Waals surface area contributed by atoms with Crippen LogP contribution in [0.5, 0.6) is 0 Å². The first-order valence-electron chi connectivity index (χ1n) is 6.63. The van der Waals surface area contributed by atoms with Crippen LogP contribution in [-0.4, -0.2) is 16.7 Å². The van der Waals surface area contributed by atoms with E-state index in [-0.39, 0.29) is 6.04 Å². The summed E-state index contributed by atoms with van der Waals surface area (Å²) in [7, 11) is 0. The van der Waals surface area contributed by atoms with Gasteiger partial charge in [0.1, 0.15) is 0 Å². The van der Waals surface area contributed by atoms with E-state index in [1.807, 2.05) is 31.2 Å². The zero-order chi connectivity index (χ0) is 14.4. The van der Waals surface area contributed by atoms with Crippen LogP contribution in [0.25, 0.3) is 0 Å². The molecule has 0 fully saturated rings. The van der Waals surface area contributed by atoms with E-state index in [9.17, 15) is 0 Å². The molecular weight excluding hydrogens is 294 g/mol. The third-order valence-corrected chi connectivity index (χ3v) is 4.00. The number of rotatable bonds is 7. The van der Waals surface area contributed by atoms with Crippen LogP contribution in [-0.2, 0) is 5.75 Å². The normalized spacial score (nSPS) is 12.6. The van der Waals surface area contributed by atoms with Crippen LogP contribution in [0.2, 0.25) is 5.02 Å². The average Bonchev–Trinajstić information content (AvgIpc) is 2.93. The van der Waals surface area contributed by atoms with E-state index >= 15 is 0 Å². The van der Waals surface area contributed by atoms with Gasteiger partial charge in [0, 0.05) is 9.92 Å². The molecule has 1 aromatic heterocycles. The Hall–Kier alpha value is -1.04. The van der Waals surface area contributed by atoms with Crippen LogP contribution < -0.4 is 5.32 Å². The zero-order valence-corrected chi connectivity index (χ0v) is 13.2. The van der Waals surface area contributed by atoms with E-state index in [0.717, 1.165) is 22.9 Å². The van der Waals surface area contributed by atoms with Gasteiger partial charge in [-0.05, 0) is 44.2 Å². The van der Waals surface area contributed by atoms with Crippen LogP contribution in [0.1, 0.15) is 38.0 Å². The van der Waals surface area contributed by atoms with Crippen molar-refractivity contribution in [2.45, 2.75) is 37.0 Å². The lowest BCUT2D eigenvalue weighted by Gasteiger charge is -2.06. The molecule has 4 nitrogen and oxygen atoms in total. The largest absolute Gasteiger partial charge is 0.338 e. The Labute approximate surface area is 128 Å². The lowest BCUT2D eigenvalue weighted by molar-refractivity contribution is 0.337. The first kappa shape index (κ1) is 15.4. The van der Waals surface area contributed by atoms with Crippen LogP contribution in [0.4, 0.5) is 0 Å². The molecule has 0 amide bonds. The van der Waals surface area contributed by atoms with E-state index in [1.165, 1.54) is 0 Å². The van der Waals surface area contributed by atoms with Gasteiger partial charge in [-0.1, -0.05) is 23.7 Å². The molecule has 20 heavy (non-hydrogen) atoms. The molecule has 0 spiro atoms. The van der Waals surface area contributed by atoms with Crippen molar-refractivity contribution in [2.75, 3.05) is 6.54 Å². The highest BCUT2D eigenvalue weighted by atomic mass is 35.5. The second-order valence-corrected chi connectivity index (χ2v) is 5.95. The fourth-order valence-electron chi connectivity index (χ4n) is 1.63. The van der Waals surface area contributed by atoms with Crippen molar-refractivity contribution in [1.29, 1.82) is 0 Å². The fourth-order valence-corrected chi connectivity index (χ4v) is 2.50. The van der Waals surface area contributed by atoms with Crippen molar-refractivity contribution in [3.8, 4) is 0 Å². The molecule has 2 rings (SSSR count). The molecule has 1 heterocycles. The highest BCUT2D eigenvalue weighted by molar-refractivity contribution is 7.98. The van der Waals surface area contributed by atoms with Gasteiger partial charge in [-0.15, -0.1) is 11.8 Å². The van der Waals surface area contributed by atoms with Gasteiger partial charge < -0.3 is 9.84 Å². The number of halogens is 1. The van der Waals surface area contributed by atoms with E-state index < -0.39 is 0 Å². The molecular formula is C14H18ClN3OS. The monoisotopic (exact) mass is 311 g/mol. The predicted molar refractivity (Wildman–Crippen MR) is 82.0 cm³/mol. The number of aromatic nitrogens is 2. The Morgan fingerprint density at radius 2 is 2.10 bits per heavy atom. The van der Waals surface area contributed by atoms with Gasteiger partial charge in [-0.25, -0.2) is 0 Å². The maximum atomic E-state index is 5.85. The van der Waals surface area contributed by atoms with Gasteiger partial charge in [0.05, 0.1) is 11.8 Å². The third-order valence-electron chi connectivity index (χ3n) is 2.74. The lowest BCUT2D eigenvalue weighted by atomic mass is 10.3. The Kier molecular flexibility index (Phi) is 5.88. The Morgan fingerprint density at radius 1 is 1.35 bits per heavy atom. The number of thioether (sulfide) groups is 1. The molecule has 0 bridgehead atoms. The topological polar surface area (TPSA) is 51.0 Å². The number of nitrogens with one attached hydrogen (secondary N) is 1. The smallest absolute Gasteiger partial charge is 0.243 e. The van der Waals surface area contributed by atoms with E-state index in [1.54, 1.807) is 11.8 Å². The minimum absolute atomic E-state index is 0.0942. The minimum atomic E-state index is 0.0942. The molecule has 1 aromatic carbocycles. The highest BCUT2D eigenvalue weighted by Crippen LogP contribution is 2.23.